The first-order chi connectivity index (χ1) is 7.22. The van der Waals surface area contributed by atoms with Crippen LogP contribution in [0.1, 0.15) is 12.5 Å². The molecule has 0 aromatic heterocycles. The summed E-state index contributed by atoms with van der Waals surface area (Å²) in [7, 11) is 1.59. The van der Waals surface area contributed by atoms with Crippen LogP contribution in [0.25, 0.3) is 5.57 Å². The van der Waals surface area contributed by atoms with Crippen LogP contribution in [-0.2, 0) is 4.79 Å². The summed E-state index contributed by atoms with van der Waals surface area (Å²) in [4.78, 5) is 10.6. The molecule has 0 aliphatic carbocycles. The van der Waals surface area contributed by atoms with Crippen molar-refractivity contribution in [2.45, 2.75) is 6.92 Å². The topological polar surface area (TPSA) is 50.1 Å². The number of nitrogens with zero attached hydrogens (tertiary/aromatic N) is 1. The molecule has 1 aromatic carbocycles. The number of ether oxygens (including phenoxy) is 1. The average molecular weight is 201 g/mol. The number of rotatable bonds is 3. The number of hydrogen-bond acceptors (Lipinski definition) is 3. The number of carbonyl (C=O) groups is 1. The molecule has 0 unspecified atom stereocenters. The normalized spacial score (nSPS) is 11.3. The predicted octanol–water partition coefficient (Wildman–Crippen LogP) is 2.19. The van der Waals surface area contributed by atoms with Gasteiger partial charge in [0, 0.05) is 0 Å². The molecule has 1 rings (SSSR count). The van der Waals surface area contributed by atoms with E-state index in [-0.39, 0.29) is 5.57 Å². The van der Waals surface area contributed by atoms with E-state index in [2.05, 4.69) is 0 Å². The number of benzene rings is 1. The van der Waals surface area contributed by atoms with Crippen LogP contribution in [0, 0.1) is 11.3 Å². The Labute approximate surface area is 88.6 Å². The largest absolute Gasteiger partial charge is 0.497 e. The van der Waals surface area contributed by atoms with E-state index in [4.69, 9.17) is 10.00 Å². The maximum atomic E-state index is 10.6. The molecule has 3 nitrogen and oxygen atoms in total. The lowest BCUT2D eigenvalue weighted by Gasteiger charge is -2.03. The minimum absolute atomic E-state index is 0.153. The fourth-order valence-corrected chi connectivity index (χ4v) is 1.20. The third kappa shape index (κ3) is 2.44. The third-order valence-electron chi connectivity index (χ3n) is 2.17. The van der Waals surface area contributed by atoms with Crippen molar-refractivity contribution >= 4 is 11.9 Å². The first-order valence-electron chi connectivity index (χ1n) is 4.43. The summed E-state index contributed by atoms with van der Waals surface area (Å²) in [5, 5.41) is 8.69. The van der Waals surface area contributed by atoms with Crippen LogP contribution >= 0.6 is 0 Å². The fourth-order valence-electron chi connectivity index (χ4n) is 1.20. The van der Waals surface area contributed by atoms with Crippen molar-refractivity contribution in [2.75, 3.05) is 7.11 Å². The Kier molecular flexibility index (Phi) is 3.64. The summed E-state index contributed by atoms with van der Waals surface area (Å²) >= 11 is 0. The van der Waals surface area contributed by atoms with E-state index in [0.717, 1.165) is 11.3 Å². The van der Waals surface area contributed by atoms with Gasteiger partial charge < -0.3 is 4.74 Å². The molecule has 3 heteroatoms. The molecule has 0 bridgehead atoms. The zero-order valence-electron chi connectivity index (χ0n) is 8.65. The number of allylic oxidation sites excluding steroid dienone is 2. The zero-order valence-corrected chi connectivity index (χ0v) is 8.65. The van der Waals surface area contributed by atoms with Gasteiger partial charge in [0.2, 0.25) is 0 Å². The number of nitriles is 1. The Hall–Kier alpha value is -2.08. The lowest BCUT2D eigenvalue weighted by Crippen LogP contribution is -1.89. The maximum Gasteiger partial charge on any atom is 0.160 e. The molecule has 0 fully saturated rings. The van der Waals surface area contributed by atoms with Crippen LogP contribution in [0.5, 0.6) is 5.75 Å². The van der Waals surface area contributed by atoms with Crippen molar-refractivity contribution in [3.8, 4) is 11.8 Å². The maximum absolute atomic E-state index is 10.6. The summed E-state index contributed by atoms with van der Waals surface area (Å²) in [6.45, 7) is 1.74. The molecule has 0 saturated heterocycles. The van der Waals surface area contributed by atoms with Gasteiger partial charge in [-0.3, -0.25) is 4.79 Å². The summed E-state index contributed by atoms with van der Waals surface area (Å²) < 4.78 is 5.01. The molecule has 0 N–H and O–H groups in total. The van der Waals surface area contributed by atoms with Gasteiger partial charge in [-0.1, -0.05) is 12.1 Å². The van der Waals surface area contributed by atoms with Gasteiger partial charge in [0.1, 0.15) is 11.8 Å². The molecule has 0 aliphatic rings. The van der Waals surface area contributed by atoms with Crippen LogP contribution in [0.4, 0.5) is 0 Å². The summed E-state index contributed by atoms with van der Waals surface area (Å²) in [6.07, 6.45) is 0.569. The molecular formula is C12H11NO2. The minimum Gasteiger partial charge on any atom is -0.497 e. The molecule has 76 valence electrons. The predicted molar refractivity (Wildman–Crippen MR) is 57.3 cm³/mol. The third-order valence-corrected chi connectivity index (χ3v) is 2.17. The van der Waals surface area contributed by atoms with Gasteiger partial charge in [-0.2, -0.15) is 5.26 Å². The SMILES string of the molecule is COc1ccc(C(C)=C(C#N)C=O)cc1. The molecule has 0 heterocycles. The van der Waals surface area contributed by atoms with Crippen molar-refractivity contribution in [3.05, 3.63) is 35.4 Å². The lowest BCUT2D eigenvalue weighted by molar-refractivity contribution is -0.104. The van der Waals surface area contributed by atoms with Gasteiger partial charge in [0.25, 0.3) is 0 Å². The Morgan fingerprint density at radius 1 is 1.40 bits per heavy atom. The molecular weight excluding hydrogens is 190 g/mol. The van der Waals surface area contributed by atoms with E-state index < -0.39 is 0 Å². The summed E-state index contributed by atoms with van der Waals surface area (Å²) in [6, 6.07) is 9.07. The Morgan fingerprint density at radius 2 is 2.00 bits per heavy atom. The highest BCUT2D eigenvalue weighted by atomic mass is 16.5. The van der Waals surface area contributed by atoms with E-state index in [1.807, 2.05) is 18.2 Å². The van der Waals surface area contributed by atoms with Crippen LogP contribution in [0.2, 0.25) is 0 Å². The zero-order chi connectivity index (χ0) is 11.3. The summed E-state index contributed by atoms with van der Waals surface area (Å²) in [5.74, 6) is 0.746. The van der Waals surface area contributed by atoms with E-state index in [1.54, 1.807) is 26.2 Å². The molecule has 0 saturated carbocycles. The molecule has 15 heavy (non-hydrogen) atoms. The van der Waals surface area contributed by atoms with Gasteiger partial charge >= 0.3 is 0 Å². The first kappa shape index (κ1) is 11.0. The Balaban J connectivity index is 3.12. The molecule has 0 amide bonds. The van der Waals surface area contributed by atoms with E-state index in [1.165, 1.54) is 0 Å². The van der Waals surface area contributed by atoms with Crippen molar-refractivity contribution in [3.63, 3.8) is 0 Å². The second kappa shape index (κ2) is 4.97. The quantitative estimate of drug-likeness (QED) is 0.428. The molecule has 0 radical (unpaired) electrons. The average Bonchev–Trinajstić information content (AvgIpc) is 2.30. The highest BCUT2D eigenvalue weighted by molar-refractivity contribution is 5.91. The van der Waals surface area contributed by atoms with Crippen LogP contribution in [0.15, 0.2) is 29.8 Å². The smallest absolute Gasteiger partial charge is 0.160 e. The van der Waals surface area contributed by atoms with Crippen molar-refractivity contribution in [2.24, 2.45) is 0 Å². The van der Waals surface area contributed by atoms with Crippen molar-refractivity contribution in [1.82, 2.24) is 0 Å². The summed E-state index contributed by atoms with van der Waals surface area (Å²) in [5.41, 5.74) is 1.68. The first-order valence-corrected chi connectivity index (χ1v) is 4.43. The van der Waals surface area contributed by atoms with E-state index in [0.29, 0.717) is 11.9 Å². The van der Waals surface area contributed by atoms with Crippen LogP contribution in [0.3, 0.4) is 0 Å². The lowest BCUT2D eigenvalue weighted by atomic mass is 10.0. The molecule has 1 aromatic rings. The van der Waals surface area contributed by atoms with Gasteiger partial charge in [-0.05, 0) is 30.2 Å². The van der Waals surface area contributed by atoms with Gasteiger partial charge in [-0.15, -0.1) is 0 Å². The Morgan fingerprint density at radius 3 is 2.40 bits per heavy atom. The number of carbonyl (C=O) groups excluding carboxylic acids is 1. The van der Waals surface area contributed by atoms with Crippen molar-refractivity contribution < 1.29 is 9.53 Å². The number of methoxy groups -OCH3 is 1. The fraction of sp³-hybridized carbons (Fsp3) is 0.167. The van der Waals surface area contributed by atoms with Gasteiger partial charge in [0.15, 0.2) is 6.29 Å². The molecule has 0 atom stereocenters. The van der Waals surface area contributed by atoms with E-state index >= 15 is 0 Å². The standard InChI is InChI=1S/C12H11NO2/c1-9(11(7-13)8-14)10-3-5-12(15-2)6-4-10/h3-6,8H,1-2H3. The van der Waals surface area contributed by atoms with Gasteiger partial charge in [0.05, 0.1) is 12.7 Å². The second-order valence-electron chi connectivity index (χ2n) is 3.00. The highest BCUT2D eigenvalue weighted by Gasteiger charge is 2.03. The second-order valence-corrected chi connectivity index (χ2v) is 3.00. The molecule has 0 spiro atoms. The van der Waals surface area contributed by atoms with Crippen LogP contribution < -0.4 is 4.74 Å². The molecule has 0 aliphatic heterocycles. The van der Waals surface area contributed by atoms with Gasteiger partial charge in [-0.25, -0.2) is 0 Å². The van der Waals surface area contributed by atoms with Crippen molar-refractivity contribution in [1.29, 1.82) is 5.26 Å². The highest BCUT2D eigenvalue weighted by Crippen LogP contribution is 2.20. The number of hydrogen-bond donors (Lipinski definition) is 0. The van der Waals surface area contributed by atoms with Crippen LogP contribution in [-0.4, -0.2) is 13.4 Å². The van der Waals surface area contributed by atoms with E-state index in [9.17, 15) is 4.79 Å². The Bertz CT molecular complexity index is 424. The monoisotopic (exact) mass is 201 g/mol. The number of aldehydes is 1. The minimum atomic E-state index is 0.153.